The van der Waals surface area contributed by atoms with Gasteiger partial charge < -0.3 is 0 Å². The van der Waals surface area contributed by atoms with Crippen LogP contribution in [0.15, 0.2) is 210 Å². The molecule has 1 aliphatic carbocycles. The smallest absolute Gasteiger partial charge is 0.0714 e. The zero-order chi connectivity index (χ0) is 35.2. The van der Waals surface area contributed by atoms with Crippen molar-refractivity contribution in [3.8, 4) is 33.4 Å². The van der Waals surface area contributed by atoms with Gasteiger partial charge in [-0.15, -0.1) is 0 Å². The van der Waals surface area contributed by atoms with E-state index in [-0.39, 0.29) is 0 Å². The minimum Gasteiger partial charge on any atom is -0.0888 e. The molecule has 8 aromatic carbocycles. The molecule has 0 saturated heterocycles. The molecule has 1 heteroatoms. The maximum atomic E-state index is 2.47. The van der Waals surface area contributed by atoms with E-state index in [1.165, 1.54) is 87.7 Å². The maximum absolute atomic E-state index is 2.47. The molecular weight excluding hydrogens is 657 g/mol. The van der Waals surface area contributed by atoms with Gasteiger partial charge in [-0.25, -0.2) is 0 Å². The summed E-state index contributed by atoms with van der Waals surface area (Å²) in [5.41, 5.74) is 17.6. The molecule has 0 spiro atoms. The third kappa shape index (κ3) is 5.31. The van der Waals surface area contributed by atoms with Gasteiger partial charge in [0.05, 0.1) is 5.41 Å². The van der Waals surface area contributed by atoms with Crippen molar-refractivity contribution < 1.29 is 0 Å². The van der Waals surface area contributed by atoms with Crippen molar-refractivity contribution >= 4 is 23.4 Å². The van der Waals surface area contributed by atoms with Gasteiger partial charge in [0.1, 0.15) is 0 Å². The first-order valence-electron chi connectivity index (χ1n) is 18.4. The number of rotatable bonds is 6. The second kappa shape index (κ2) is 13.1. The van der Waals surface area contributed by atoms with Gasteiger partial charge in [-0.3, -0.25) is 0 Å². The fourth-order valence-electron chi connectivity index (χ4n) is 8.65. The van der Waals surface area contributed by atoms with E-state index in [1.54, 1.807) is 0 Å². The highest BCUT2D eigenvalue weighted by atomic mass is 32.2. The van der Waals surface area contributed by atoms with E-state index in [9.17, 15) is 0 Å². The Labute approximate surface area is 316 Å². The summed E-state index contributed by atoms with van der Waals surface area (Å²) in [5, 5.41) is 0. The molecule has 0 radical (unpaired) electrons. The lowest BCUT2D eigenvalue weighted by molar-refractivity contribution is 0.769. The molecule has 0 aromatic heterocycles. The Balaban J connectivity index is 1.11. The lowest BCUT2D eigenvalue weighted by Gasteiger charge is -2.34. The molecule has 1 heterocycles. The quantitative estimate of drug-likeness (QED) is 0.167. The Hall–Kier alpha value is -6.15. The van der Waals surface area contributed by atoms with Gasteiger partial charge in [-0.2, -0.15) is 0 Å². The van der Waals surface area contributed by atoms with Gasteiger partial charge in [0.25, 0.3) is 0 Å². The minimum absolute atomic E-state index is 0.471. The first-order valence-corrected chi connectivity index (χ1v) is 19.2. The van der Waals surface area contributed by atoms with E-state index in [4.69, 9.17) is 0 Å². The van der Waals surface area contributed by atoms with Crippen molar-refractivity contribution in [2.24, 2.45) is 0 Å². The summed E-state index contributed by atoms with van der Waals surface area (Å²) in [6.07, 6.45) is 3.26. The number of hydrogen-bond acceptors (Lipinski definition) is 1. The van der Waals surface area contributed by atoms with Crippen LogP contribution < -0.4 is 0 Å². The second-order valence-corrected chi connectivity index (χ2v) is 15.1. The van der Waals surface area contributed by atoms with Crippen LogP contribution in [0.3, 0.4) is 0 Å². The zero-order valence-electron chi connectivity index (χ0n) is 29.2. The lowest BCUT2D eigenvalue weighted by Crippen LogP contribution is -2.28. The number of hydrogen-bond donors (Lipinski definition) is 0. The fourth-order valence-corrected chi connectivity index (χ4v) is 9.74. The van der Waals surface area contributed by atoms with Gasteiger partial charge in [0.2, 0.25) is 0 Å². The molecule has 0 atom stereocenters. The molecule has 53 heavy (non-hydrogen) atoms. The van der Waals surface area contributed by atoms with Crippen molar-refractivity contribution in [2.75, 3.05) is 0 Å². The van der Waals surface area contributed by atoms with Gasteiger partial charge in [-0.05, 0) is 109 Å². The van der Waals surface area contributed by atoms with Crippen molar-refractivity contribution in [3.05, 3.63) is 239 Å². The third-order valence-corrected chi connectivity index (χ3v) is 12.2. The summed E-state index contributed by atoms with van der Waals surface area (Å²) in [5.74, 6) is 0. The molecule has 0 unspecified atom stereocenters. The average Bonchev–Trinajstić information content (AvgIpc) is 3.43. The predicted octanol–water partition coefficient (Wildman–Crippen LogP) is 13.6. The number of benzene rings is 8. The van der Waals surface area contributed by atoms with Crippen LogP contribution >= 0.6 is 11.8 Å². The van der Waals surface area contributed by atoms with Crippen molar-refractivity contribution in [1.82, 2.24) is 0 Å². The van der Waals surface area contributed by atoms with E-state index in [2.05, 4.69) is 206 Å². The Bertz CT molecular complexity index is 2590. The highest BCUT2D eigenvalue weighted by Crippen LogP contribution is 2.58. The molecule has 0 saturated carbocycles. The van der Waals surface area contributed by atoms with Crippen molar-refractivity contribution in [3.63, 3.8) is 0 Å². The Kier molecular flexibility index (Phi) is 7.81. The first-order chi connectivity index (χ1) is 26.3. The highest BCUT2D eigenvalue weighted by molar-refractivity contribution is 7.99. The largest absolute Gasteiger partial charge is 0.0888 e. The highest BCUT2D eigenvalue weighted by Gasteiger charge is 2.47. The van der Waals surface area contributed by atoms with Crippen LogP contribution in [0, 0.1) is 0 Å². The molecule has 0 fully saturated rings. The predicted molar refractivity (Wildman–Crippen MR) is 223 cm³/mol. The van der Waals surface area contributed by atoms with E-state index in [1.807, 2.05) is 11.8 Å². The summed E-state index contributed by atoms with van der Waals surface area (Å²) in [6, 6.07) is 73.9. The molecular formula is C52H36S. The Morgan fingerprint density at radius 2 is 1.00 bits per heavy atom. The summed E-state index contributed by atoms with van der Waals surface area (Å²) in [6.45, 7) is 0. The summed E-state index contributed by atoms with van der Waals surface area (Å²) < 4.78 is 0. The molecule has 8 aromatic rings. The molecule has 1 aliphatic heterocycles. The summed E-state index contributed by atoms with van der Waals surface area (Å²) in [4.78, 5) is 2.62. The number of allylic oxidation sites excluding steroid dienone is 1. The van der Waals surface area contributed by atoms with Crippen LogP contribution in [-0.2, 0) is 11.8 Å². The normalized spacial score (nSPS) is 13.5. The lowest BCUT2D eigenvalue weighted by atomic mass is 9.67. The minimum atomic E-state index is -0.471. The molecule has 2 aliphatic rings. The molecule has 0 nitrogen and oxygen atoms in total. The fraction of sp³-hybridized carbons (Fsp3) is 0.0385. The Morgan fingerprint density at radius 3 is 1.74 bits per heavy atom. The van der Waals surface area contributed by atoms with E-state index < -0.39 is 5.41 Å². The maximum Gasteiger partial charge on any atom is 0.0714 e. The van der Waals surface area contributed by atoms with Crippen LogP contribution in [0.25, 0.3) is 45.0 Å². The van der Waals surface area contributed by atoms with Crippen molar-refractivity contribution in [1.29, 1.82) is 0 Å². The first kappa shape index (κ1) is 31.6. The molecule has 0 bridgehead atoms. The monoisotopic (exact) mass is 692 g/mol. The van der Waals surface area contributed by atoms with E-state index >= 15 is 0 Å². The average molecular weight is 693 g/mol. The Morgan fingerprint density at radius 1 is 0.396 bits per heavy atom. The van der Waals surface area contributed by atoms with Gasteiger partial charge >= 0.3 is 0 Å². The molecule has 0 amide bonds. The van der Waals surface area contributed by atoms with Gasteiger partial charge in [0, 0.05) is 9.79 Å². The summed E-state index contributed by atoms with van der Waals surface area (Å²) >= 11 is 1.87. The van der Waals surface area contributed by atoms with Crippen LogP contribution in [-0.4, -0.2) is 0 Å². The van der Waals surface area contributed by atoms with E-state index in [0.717, 1.165) is 6.42 Å². The number of fused-ring (bicyclic) bond motifs is 5. The van der Waals surface area contributed by atoms with Crippen LogP contribution in [0.4, 0.5) is 0 Å². The van der Waals surface area contributed by atoms with Crippen LogP contribution in [0.1, 0.15) is 38.9 Å². The second-order valence-electron chi connectivity index (χ2n) is 14.0. The third-order valence-electron chi connectivity index (χ3n) is 11.0. The van der Waals surface area contributed by atoms with Crippen LogP contribution in [0.2, 0.25) is 0 Å². The SMILES string of the molecule is C1=C(Cc2ccc(-c3ccc4c(c3)C(c3ccccc3)(c3ccccc3)c3cccc(-c5ccccc5)c3-4)cc2)c2ccccc2Sc2ccccc21. The van der Waals surface area contributed by atoms with Crippen LogP contribution in [0.5, 0.6) is 0 Å². The van der Waals surface area contributed by atoms with Gasteiger partial charge in [-0.1, -0.05) is 194 Å². The van der Waals surface area contributed by atoms with Crippen molar-refractivity contribution in [2.45, 2.75) is 21.6 Å². The molecule has 0 N–H and O–H groups in total. The topological polar surface area (TPSA) is 0 Å². The van der Waals surface area contributed by atoms with Gasteiger partial charge in [0.15, 0.2) is 0 Å². The molecule has 250 valence electrons. The standard InChI is InChI=1S/C52H36S/c1-4-15-38(16-5-1)45-23-14-24-47-51(45)46-32-31-39(35-48(46)52(47,42-18-6-2-7-19-42)43-20-8-3-9-21-43)37-29-27-36(28-30-37)33-41-34-40-17-10-12-25-49(40)53-50-26-13-11-22-44(41)50/h1-32,34-35H,33H2. The molecule has 10 rings (SSSR count). The summed E-state index contributed by atoms with van der Waals surface area (Å²) in [7, 11) is 0. The van der Waals surface area contributed by atoms with E-state index in [0.29, 0.717) is 0 Å². The zero-order valence-corrected chi connectivity index (χ0v) is 30.1.